The molecule has 246 valence electrons. The Kier molecular flexibility index (Phi) is 7.14. The molecule has 4 heteroatoms. The molecular weight excluding hydrogens is 635 g/mol. The summed E-state index contributed by atoms with van der Waals surface area (Å²) in [6.45, 7) is 2.25. The molecule has 2 aromatic heterocycles. The second-order valence-corrected chi connectivity index (χ2v) is 13.7. The highest BCUT2D eigenvalue weighted by atomic mass is 16.3. The maximum Gasteiger partial charge on any atom is 0.164 e. The van der Waals surface area contributed by atoms with E-state index in [0.29, 0.717) is 23.4 Å². The van der Waals surface area contributed by atoms with E-state index in [9.17, 15) is 0 Å². The van der Waals surface area contributed by atoms with Gasteiger partial charge in [0.05, 0.1) is 0 Å². The highest BCUT2D eigenvalue weighted by molar-refractivity contribution is 6.21. The van der Waals surface area contributed by atoms with Crippen molar-refractivity contribution < 1.29 is 4.42 Å². The molecule has 0 spiro atoms. The average Bonchev–Trinajstić information content (AvgIpc) is 3.60. The summed E-state index contributed by atoms with van der Waals surface area (Å²) in [4.78, 5) is 15.4. The van der Waals surface area contributed by atoms with Gasteiger partial charge in [0.2, 0.25) is 0 Å². The van der Waals surface area contributed by atoms with E-state index in [2.05, 4.69) is 153 Å². The lowest BCUT2D eigenvalue weighted by atomic mass is 9.91. The van der Waals surface area contributed by atoms with E-state index in [1.54, 1.807) is 0 Å². The molecule has 1 unspecified atom stereocenters. The second-order valence-electron chi connectivity index (χ2n) is 13.7. The Labute approximate surface area is 301 Å². The van der Waals surface area contributed by atoms with Gasteiger partial charge in [-0.1, -0.05) is 153 Å². The number of hydrogen-bond donors (Lipinski definition) is 0. The van der Waals surface area contributed by atoms with E-state index in [1.807, 2.05) is 18.2 Å². The molecule has 52 heavy (non-hydrogen) atoms. The number of rotatable bonds is 5. The highest BCUT2D eigenvalue weighted by Gasteiger charge is 2.21. The summed E-state index contributed by atoms with van der Waals surface area (Å²) >= 11 is 0. The first kappa shape index (κ1) is 30.2. The van der Waals surface area contributed by atoms with Crippen molar-refractivity contribution in [2.24, 2.45) is 5.92 Å². The van der Waals surface area contributed by atoms with Crippen molar-refractivity contribution >= 4 is 49.1 Å². The van der Waals surface area contributed by atoms with E-state index < -0.39 is 0 Å². The van der Waals surface area contributed by atoms with E-state index in [4.69, 9.17) is 19.4 Å². The summed E-state index contributed by atoms with van der Waals surface area (Å²) in [6.07, 6.45) is 7.91. The fourth-order valence-electron chi connectivity index (χ4n) is 7.52. The lowest BCUT2D eigenvalue weighted by Gasteiger charge is -2.13. The van der Waals surface area contributed by atoms with Crippen LogP contribution in [0.15, 0.2) is 168 Å². The van der Waals surface area contributed by atoms with Crippen LogP contribution in [-0.2, 0) is 0 Å². The van der Waals surface area contributed by atoms with Gasteiger partial charge >= 0.3 is 0 Å². The van der Waals surface area contributed by atoms with Crippen LogP contribution in [0.4, 0.5) is 0 Å². The van der Waals surface area contributed by atoms with Gasteiger partial charge in [-0.15, -0.1) is 0 Å². The Bertz CT molecular complexity index is 2880. The first-order valence-corrected chi connectivity index (χ1v) is 17.8. The third-order valence-corrected chi connectivity index (χ3v) is 10.3. The van der Waals surface area contributed by atoms with Crippen LogP contribution in [0.1, 0.15) is 18.9 Å². The van der Waals surface area contributed by atoms with Gasteiger partial charge < -0.3 is 4.42 Å². The Morgan fingerprint density at radius 2 is 1.19 bits per heavy atom. The predicted octanol–water partition coefficient (Wildman–Crippen LogP) is 12.7. The number of allylic oxidation sites excluding steroid dienone is 4. The maximum absolute atomic E-state index is 6.66. The molecule has 0 fully saturated rings. The minimum Gasteiger partial charge on any atom is -0.455 e. The fourth-order valence-corrected chi connectivity index (χ4v) is 7.52. The predicted molar refractivity (Wildman–Crippen MR) is 215 cm³/mol. The third-order valence-electron chi connectivity index (χ3n) is 10.3. The summed E-state index contributed by atoms with van der Waals surface area (Å²) in [5, 5.41) is 6.68. The molecule has 1 atom stereocenters. The van der Waals surface area contributed by atoms with Gasteiger partial charge in [0.15, 0.2) is 17.5 Å². The van der Waals surface area contributed by atoms with Crippen LogP contribution in [0.5, 0.6) is 0 Å². The Morgan fingerprint density at radius 1 is 0.519 bits per heavy atom. The molecule has 0 N–H and O–H groups in total. The number of aromatic nitrogens is 3. The largest absolute Gasteiger partial charge is 0.455 e. The number of fused-ring (bicyclic) bond motifs is 6. The van der Waals surface area contributed by atoms with Gasteiger partial charge in [-0.2, -0.15) is 0 Å². The Hall–Kier alpha value is -6.65. The molecule has 4 nitrogen and oxygen atoms in total. The standard InChI is InChI=1S/C48H33N3O/c1-30-18-20-33(21-19-30)38-16-9-17-43-44(38)42-29-41(39-14-7-8-15-40(39)45(42)52-43)48-50-46(34-11-3-2-4-12-34)49-47(51-48)35-25-22-32(23-26-35)37-27-24-31-10-5-6-13-36(31)28-37/h2-18,20-30H,19H2,1H3. The normalized spacial score (nSPS) is 14.4. The van der Waals surface area contributed by atoms with Crippen LogP contribution in [0, 0.1) is 5.92 Å². The monoisotopic (exact) mass is 667 g/mol. The molecule has 0 aliphatic heterocycles. The summed E-state index contributed by atoms with van der Waals surface area (Å²) < 4.78 is 6.66. The van der Waals surface area contributed by atoms with Crippen LogP contribution in [0.2, 0.25) is 0 Å². The molecule has 7 aromatic carbocycles. The minimum absolute atomic E-state index is 0.534. The fraction of sp³-hybridized carbons (Fsp3) is 0.0625. The third kappa shape index (κ3) is 5.19. The smallest absolute Gasteiger partial charge is 0.164 e. The van der Waals surface area contributed by atoms with Crippen molar-refractivity contribution in [2.45, 2.75) is 13.3 Å². The van der Waals surface area contributed by atoms with Crippen molar-refractivity contribution in [3.63, 3.8) is 0 Å². The lowest BCUT2D eigenvalue weighted by Crippen LogP contribution is -2.00. The molecule has 0 amide bonds. The molecule has 9 aromatic rings. The van der Waals surface area contributed by atoms with Crippen molar-refractivity contribution in [2.75, 3.05) is 0 Å². The Balaban J connectivity index is 1.17. The summed E-state index contributed by atoms with van der Waals surface area (Å²) in [5.41, 5.74) is 9.26. The van der Waals surface area contributed by atoms with E-state index in [0.717, 1.165) is 61.4 Å². The van der Waals surface area contributed by atoms with Crippen LogP contribution in [0.25, 0.3) is 94.3 Å². The van der Waals surface area contributed by atoms with E-state index >= 15 is 0 Å². The van der Waals surface area contributed by atoms with E-state index in [-0.39, 0.29) is 0 Å². The maximum atomic E-state index is 6.66. The molecule has 0 saturated carbocycles. The molecule has 10 rings (SSSR count). The minimum atomic E-state index is 0.534. The summed E-state index contributed by atoms with van der Waals surface area (Å²) in [7, 11) is 0. The number of furan rings is 1. The van der Waals surface area contributed by atoms with Gasteiger partial charge in [0, 0.05) is 32.8 Å². The quantitative estimate of drug-likeness (QED) is 0.183. The number of hydrogen-bond acceptors (Lipinski definition) is 4. The van der Waals surface area contributed by atoms with Gasteiger partial charge in [-0.3, -0.25) is 0 Å². The summed E-state index contributed by atoms with van der Waals surface area (Å²) in [5.74, 6) is 2.42. The zero-order valence-corrected chi connectivity index (χ0v) is 28.6. The molecule has 0 radical (unpaired) electrons. The van der Waals surface area contributed by atoms with Gasteiger partial charge in [-0.05, 0) is 69.0 Å². The van der Waals surface area contributed by atoms with Crippen LogP contribution >= 0.6 is 0 Å². The van der Waals surface area contributed by atoms with Crippen LogP contribution < -0.4 is 0 Å². The highest BCUT2D eigenvalue weighted by Crippen LogP contribution is 2.42. The lowest BCUT2D eigenvalue weighted by molar-refractivity contribution is 0.672. The molecule has 0 bridgehead atoms. The molecule has 1 aliphatic rings. The van der Waals surface area contributed by atoms with Crippen molar-refractivity contribution in [1.82, 2.24) is 15.0 Å². The second kappa shape index (κ2) is 12.3. The zero-order valence-electron chi connectivity index (χ0n) is 28.6. The molecular formula is C48H33N3O. The molecule has 2 heterocycles. The topological polar surface area (TPSA) is 51.8 Å². The van der Waals surface area contributed by atoms with Crippen molar-refractivity contribution in [3.8, 4) is 45.3 Å². The van der Waals surface area contributed by atoms with Crippen LogP contribution in [-0.4, -0.2) is 15.0 Å². The average molecular weight is 668 g/mol. The van der Waals surface area contributed by atoms with E-state index in [1.165, 1.54) is 27.5 Å². The summed E-state index contributed by atoms with van der Waals surface area (Å²) in [6, 6.07) is 50.7. The van der Waals surface area contributed by atoms with Gasteiger partial charge in [0.1, 0.15) is 11.2 Å². The SMILES string of the molecule is CC1C=CC(c2cccc3oc4c5ccccc5c(-c5nc(-c6ccccc6)nc(-c6ccc(-c7ccc8ccccc8c7)cc6)n5)cc4c23)=CC1. The first-order chi connectivity index (χ1) is 25.7. The van der Waals surface area contributed by atoms with Crippen molar-refractivity contribution in [3.05, 3.63) is 169 Å². The molecule has 0 saturated heterocycles. The Morgan fingerprint density at radius 3 is 1.98 bits per heavy atom. The first-order valence-electron chi connectivity index (χ1n) is 17.8. The van der Waals surface area contributed by atoms with Gasteiger partial charge in [0.25, 0.3) is 0 Å². The van der Waals surface area contributed by atoms with Crippen molar-refractivity contribution in [1.29, 1.82) is 0 Å². The number of nitrogens with zero attached hydrogens (tertiary/aromatic N) is 3. The number of benzene rings is 7. The van der Waals surface area contributed by atoms with Gasteiger partial charge in [-0.25, -0.2) is 15.0 Å². The molecule has 1 aliphatic carbocycles. The zero-order chi connectivity index (χ0) is 34.6. The van der Waals surface area contributed by atoms with Crippen LogP contribution in [0.3, 0.4) is 0 Å².